The first-order valence-corrected chi connectivity index (χ1v) is 8.33. The van der Waals surface area contributed by atoms with E-state index in [-0.39, 0.29) is 12.0 Å². The van der Waals surface area contributed by atoms with E-state index in [1.807, 2.05) is 37.3 Å². The van der Waals surface area contributed by atoms with Crippen LogP contribution in [0.2, 0.25) is 0 Å². The summed E-state index contributed by atoms with van der Waals surface area (Å²) in [5, 5.41) is 1.15. The van der Waals surface area contributed by atoms with Gasteiger partial charge in [-0.05, 0) is 24.6 Å². The number of nitrogens with zero attached hydrogens (tertiary/aromatic N) is 1. The van der Waals surface area contributed by atoms with E-state index in [1.54, 1.807) is 32.4 Å². The van der Waals surface area contributed by atoms with E-state index in [0.29, 0.717) is 30.3 Å². The molecule has 1 amide bonds. The van der Waals surface area contributed by atoms with Crippen LogP contribution >= 0.6 is 0 Å². The molecular formula is C20H25NO5. The van der Waals surface area contributed by atoms with E-state index >= 15 is 0 Å². The van der Waals surface area contributed by atoms with Crippen LogP contribution in [0.15, 0.2) is 48.5 Å². The molecule has 0 aliphatic carbocycles. The number of hydrogen-bond donors (Lipinski definition) is 0. The summed E-state index contributed by atoms with van der Waals surface area (Å²) < 4.78 is 16.8. The summed E-state index contributed by atoms with van der Waals surface area (Å²) in [4.78, 5) is 17.4. The summed E-state index contributed by atoms with van der Waals surface area (Å²) in [7, 11) is 4.60. The number of rotatable bonds is 9. The Bertz CT molecular complexity index is 705. The molecule has 6 heteroatoms. The van der Waals surface area contributed by atoms with Gasteiger partial charge in [0, 0.05) is 25.8 Å². The fourth-order valence-electron chi connectivity index (χ4n) is 2.35. The lowest BCUT2D eigenvalue weighted by Crippen LogP contribution is -2.25. The van der Waals surface area contributed by atoms with E-state index in [2.05, 4.69) is 0 Å². The highest BCUT2D eigenvalue weighted by Crippen LogP contribution is 2.25. The van der Waals surface area contributed by atoms with Crippen LogP contribution in [0, 0.1) is 0 Å². The Morgan fingerprint density at radius 2 is 1.77 bits per heavy atom. The molecule has 140 valence electrons. The minimum Gasteiger partial charge on any atom is -0.489 e. The minimum atomic E-state index is -0.290. The van der Waals surface area contributed by atoms with Gasteiger partial charge < -0.3 is 14.2 Å². The van der Waals surface area contributed by atoms with Gasteiger partial charge in [0.1, 0.15) is 24.2 Å². The molecule has 0 saturated carbocycles. The number of hydroxylamine groups is 2. The number of amides is 1. The van der Waals surface area contributed by atoms with Crippen molar-refractivity contribution in [3.05, 3.63) is 59.7 Å². The first-order chi connectivity index (χ1) is 12.5. The molecule has 0 spiro atoms. The van der Waals surface area contributed by atoms with Crippen molar-refractivity contribution < 1.29 is 23.8 Å². The predicted octanol–water partition coefficient (Wildman–Crippen LogP) is 3.31. The first kappa shape index (κ1) is 19.8. The quantitative estimate of drug-likeness (QED) is 0.643. The van der Waals surface area contributed by atoms with Crippen LogP contribution in [0.1, 0.15) is 22.8 Å². The molecule has 0 fully saturated rings. The zero-order valence-electron chi connectivity index (χ0n) is 15.6. The molecule has 26 heavy (non-hydrogen) atoms. The van der Waals surface area contributed by atoms with E-state index in [4.69, 9.17) is 19.0 Å². The number of carbonyl (C=O) groups excluding carboxylic acids is 1. The van der Waals surface area contributed by atoms with Crippen LogP contribution in [0.3, 0.4) is 0 Å². The molecule has 6 nitrogen and oxygen atoms in total. The van der Waals surface area contributed by atoms with Crippen LogP contribution < -0.4 is 9.47 Å². The molecule has 2 aromatic carbocycles. The molecular weight excluding hydrogens is 334 g/mol. The molecule has 2 aromatic rings. The summed E-state index contributed by atoms with van der Waals surface area (Å²) in [5.41, 5.74) is 1.45. The van der Waals surface area contributed by atoms with Crippen LogP contribution in [0.25, 0.3) is 0 Å². The maximum absolute atomic E-state index is 12.4. The zero-order valence-corrected chi connectivity index (χ0v) is 15.6. The molecule has 0 saturated heterocycles. The monoisotopic (exact) mass is 359 g/mol. The molecule has 0 unspecified atom stereocenters. The van der Waals surface area contributed by atoms with Gasteiger partial charge >= 0.3 is 0 Å². The Hall–Kier alpha value is -2.57. The largest absolute Gasteiger partial charge is 0.489 e. The topological polar surface area (TPSA) is 57.2 Å². The van der Waals surface area contributed by atoms with Crippen LogP contribution in [-0.4, -0.2) is 44.9 Å². The lowest BCUT2D eigenvalue weighted by atomic mass is 10.2. The van der Waals surface area contributed by atoms with Gasteiger partial charge in [0.25, 0.3) is 5.91 Å². The van der Waals surface area contributed by atoms with E-state index in [9.17, 15) is 4.79 Å². The molecule has 2 rings (SSSR count). The molecule has 0 bridgehead atoms. The molecule has 0 radical (unpaired) electrons. The Labute approximate surface area is 154 Å². The highest BCUT2D eigenvalue weighted by atomic mass is 16.7. The smallest absolute Gasteiger partial charge is 0.277 e. The van der Waals surface area contributed by atoms with Crippen molar-refractivity contribution in [3.63, 3.8) is 0 Å². The van der Waals surface area contributed by atoms with Crippen molar-refractivity contribution in [2.45, 2.75) is 19.6 Å². The van der Waals surface area contributed by atoms with Gasteiger partial charge in [0.05, 0.1) is 13.7 Å². The maximum atomic E-state index is 12.4. The normalized spacial score (nSPS) is 11.7. The van der Waals surface area contributed by atoms with Crippen LogP contribution in [0.5, 0.6) is 11.5 Å². The number of ether oxygens (including phenoxy) is 3. The van der Waals surface area contributed by atoms with Crippen LogP contribution in [0.4, 0.5) is 0 Å². The molecule has 1 atom stereocenters. The third kappa shape index (κ3) is 5.75. The summed E-state index contributed by atoms with van der Waals surface area (Å²) in [6, 6.07) is 14.9. The second-order valence-corrected chi connectivity index (χ2v) is 5.84. The van der Waals surface area contributed by atoms with Crippen molar-refractivity contribution >= 4 is 5.91 Å². The third-order valence-electron chi connectivity index (χ3n) is 3.67. The van der Waals surface area contributed by atoms with Gasteiger partial charge in [-0.3, -0.25) is 9.63 Å². The second kappa shape index (κ2) is 9.79. The van der Waals surface area contributed by atoms with E-state index < -0.39 is 0 Å². The number of carbonyl (C=O) groups is 1. The molecule has 0 aliphatic heterocycles. The van der Waals surface area contributed by atoms with E-state index in [0.717, 1.165) is 10.6 Å². The molecule has 0 aromatic heterocycles. The highest BCUT2D eigenvalue weighted by molar-refractivity contribution is 5.94. The summed E-state index contributed by atoms with van der Waals surface area (Å²) in [6.07, 6.45) is -0.160. The fourth-order valence-corrected chi connectivity index (χ4v) is 2.35. The number of benzene rings is 2. The van der Waals surface area contributed by atoms with Gasteiger partial charge in [-0.2, -0.15) is 0 Å². The average Bonchev–Trinajstić information content (AvgIpc) is 2.66. The van der Waals surface area contributed by atoms with Crippen molar-refractivity contribution in [2.75, 3.05) is 27.9 Å². The van der Waals surface area contributed by atoms with Gasteiger partial charge in [0.2, 0.25) is 0 Å². The Balaban J connectivity index is 2.22. The van der Waals surface area contributed by atoms with Gasteiger partial charge in [0.15, 0.2) is 0 Å². The Morgan fingerprint density at radius 1 is 1.08 bits per heavy atom. The summed E-state index contributed by atoms with van der Waals surface area (Å²) in [5.74, 6) is 0.790. The van der Waals surface area contributed by atoms with Crippen molar-refractivity contribution in [1.82, 2.24) is 5.06 Å². The first-order valence-electron chi connectivity index (χ1n) is 8.33. The number of methoxy groups -OCH3 is 1. The molecule has 0 heterocycles. The van der Waals surface area contributed by atoms with E-state index in [1.165, 1.54) is 7.11 Å². The second-order valence-electron chi connectivity index (χ2n) is 5.84. The third-order valence-corrected chi connectivity index (χ3v) is 3.67. The van der Waals surface area contributed by atoms with Gasteiger partial charge in [-0.25, -0.2) is 5.06 Å². The minimum absolute atomic E-state index is 0.160. The summed E-state index contributed by atoms with van der Waals surface area (Å²) >= 11 is 0. The van der Waals surface area contributed by atoms with Gasteiger partial charge in [-0.1, -0.05) is 30.3 Å². The lowest BCUT2D eigenvalue weighted by molar-refractivity contribution is -0.0757. The van der Waals surface area contributed by atoms with Crippen molar-refractivity contribution in [2.24, 2.45) is 0 Å². The zero-order chi connectivity index (χ0) is 18.9. The Morgan fingerprint density at radius 3 is 2.42 bits per heavy atom. The number of hydrogen-bond acceptors (Lipinski definition) is 5. The highest BCUT2D eigenvalue weighted by Gasteiger charge is 2.16. The maximum Gasteiger partial charge on any atom is 0.277 e. The van der Waals surface area contributed by atoms with Crippen molar-refractivity contribution in [3.8, 4) is 11.5 Å². The predicted molar refractivity (Wildman–Crippen MR) is 98.3 cm³/mol. The summed E-state index contributed by atoms with van der Waals surface area (Å²) in [6.45, 7) is 2.73. The molecule has 0 aliphatic rings. The molecule has 0 N–H and O–H groups in total. The SMILES string of the molecule is COC[C@H](C)Oc1cc(OCc2ccccc2)cc(C(=O)N(C)OC)c1. The van der Waals surface area contributed by atoms with Crippen molar-refractivity contribution in [1.29, 1.82) is 0 Å². The standard InChI is InChI=1S/C20H25NO5/c1-15(13-23-3)26-19-11-17(20(22)21(2)24-4)10-18(12-19)25-14-16-8-6-5-7-9-16/h5-12,15H,13-14H2,1-4H3/t15-/m0/s1. The van der Waals surface area contributed by atoms with Gasteiger partial charge in [-0.15, -0.1) is 0 Å². The fraction of sp³-hybridized carbons (Fsp3) is 0.350. The average molecular weight is 359 g/mol. The van der Waals surface area contributed by atoms with Crippen LogP contribution in [-0.2, 0) is 16.2 Å². The lowest BCUT2D eigenvalue weighted by Gasteiger charge is -2.18. The Kier molecular flexibility index (Phi) is 7.44.